The highest BCUT2D eigenvalue weighted by Crippen LogP contribution is 2.36. The van der Waals surface area contributed by atoms with E-state index in [0.717, 1.165) is 22.6 Å². The molecule has 0 N–H and O–H groups in total. The largest absolute Gasteiger partial charge is 0.486 e. The third-order valence-electron chi connectivity index (χ3n) is 3.23. The van der Waals surface area contributed by atoms with E-state index in [1.54, 1.807) is 0 Å². The minimum atomic E-state index is -0.170. The summed E-state index contributed by atoms with van der Waals surface area (Å²) in [4.78, 5) is 0. The van der Waals surface area contributed by atoms with E-state index >= 15 is 0 Å². The molecule has 2 nitrogen and oxygen atoms in total. The van der Waals surface area contributed by atoms with E-state index < -0.39 is 0 Å². The van der Waals surface area contributed by atoms with Gasteiger partial charge in [0, 0.05) is 0 Å². The molecule has 0 radical (unpaired) electrons. The lowest BCUT2D eigenvalue weighted by Crippen LogP contribution is -2.15. The van der Waals surface area contributed by atoms with Crippen LogP contribution >= 0.6 is 11.6 Å². The fraction of sp³-hybridized carbons (Fsp3) is 0.250. The van der Waals surface area contributed by atoms with Gasteiger partial charge in [-0.25, -0.2) is 0 Å². The van der Waals surface area contributed by atoms with Crippen molar-refractivity contribution in [3.8, 4) is 11.5 Å². The molecule has 1 heterocycles. The van der Waals surface area contributed by atoms with Gasteiger partial charge in [0.1, 0.15) is 13.2 Å². The van der Waals surface area contributed by atoms with E-state index in [-0.39, 0.29) is 5.38 Å². The number of ether oxygens (including phenoxy) is 2. The summed E-state index contributed by atoms with van der Waals surface area (Å²) < 4.78 is 11.1. The van der Waals surface area contributed by atoms with Crippen LogP contribution in [0.4, 0.5) is 0 Å². The van der Waals surface area contributed by atoms with Gasteiger partial charge in [-0.2, -0.15) is 0 Å². The van der Waals surface area contributed by atoms with Crippen molar-refractivity contribution < 1.29 is 9.47 Å². The van der Waals surface area contributed by atoms with Crippen LogP contribution in [0.5, 0.6) is 11.5 Å². The molecule has 19 heavy (non-hydrogen) atoms. The van der Waals surface area contributed by atoms with Crippen molar-refractivity contribution in [1.29, 1.82) is 0 Å². The Morgan fingerprint density at radius 2 is 1.53 bits per heavy atom. The topological polar surface area (TPSA) is 18.5 Å². The molecule has 3 rings (SSSR count). The van der Waals surface area contributed by atoms with E-state index in [9.17, 15) is 0 Å². The Hall–Kier alpha value is -1.67. The predicted octanol–water partition coefficient (Wildman–Crippen LogP) is 4.09. The summed E-state index contributed by atoms with van der Waals surface area (Å²) in [5.41, 5.74) is 3.34. The number of aryl methyl sites for hydroxylation is 1. The normalized spacial score (nSPS) is 15.1. The maximum Gasteiger partial charge on any atom is 0.161 e. The standard InChI is InChI=1S/C16H15ClO2/c1-11-2-4-12(5-3-11)16(17)13-6-7-14-15(10-13)19-9-8-18-14/h2-7,10,16H,8-9H2,1H3. The van der Waals surface area contributed by atoms with Crippen LogP contribution in [0.15, 0.2) is 42.5 Å². The zero-order valence-corrected chi connectivity index (χ0v) is 11.5. The van der Waals surface area contributed by atoms with Crippen LogP contribution in [0.3, 0.4) is 0 Å². The van der Waals surface area contributed by atoms with E-state index in [2.05, 4.69) is 31.2 Å². The fourth-order valence-corrected chi connectivity index (χ4v) is 2.43. The Morgan fingerprint density at radius 1 is 0.895 bits per heavy atom. The van der Waals surface area contributed by atoms with Gasteiger partial charge in [0.2, 0.25) is 0 Å². The molecule has 2 aromatic carbocycles. The van der Waals surface area contributed by atoms with Gasteiger partial charge in [-0.15, -0.1) is 11.6 Å². The number of rotatable bonds is 2. The third kappa shape index (κ3) is 2.54. The summed E-state index contributed by atoms with van der Waals surface area (Å²) in [6.45, 7) is 3.26. The molecule has 0 aliphatic carbocycles. The maximum atomic E-state index is 6.53. The molecule has 2 aromatic rings. The summed E-state index contributed by atoms with van der Waals surface area (Å²) >= 11 is 6.53. The predicted molar refractivity (Wildman–Crippen MR) is 76.3 cm³/mol. The molecule has 1 aliphatic rings. The second-order valence-electron chi connectivity index (χ2n) is 4.68. The van der Waals surface area contributed by atoms with Gasteiger partial charge in [0.15, 0.2) is 11.5 Å². The third-order valence-corrected chi connectivity index (χ3v) is 3.73. The number of fused-ring (bicyclic) bond motifs is 1. The first-order chi connectivity index (χ1) is 9.24. The molecule has 1 aliphatic heterocycles. The summed E-state index contributed by atoms with van der Waals surface area (Å²) in [7, 11) is 0. The van der Waals surface area contributed by atoms with Gasteiger partial charge in [-0.3, -0.25) is 0 Å². The van der Waals surface area contributed by atoms with Crippen molar-refractivity contribution in [1.82, 2.24) is 0 Å². The minimum Gasteiger partial charge on any atom is -0.486 e. The van der Waals surface area contributed by atoms with Gasteiger partial charge in [-0.05, 0) is 30.2 Å². The van der Waals surface area contributed by atoms with Crippen LogP contribution in [-0.2, 0) is 0 Å². The number of benzene rings is 2. The summed E-state index contributed by atoms with van der Waals surface area (Å²) in [6.07, 6.45) is 0. The van der Waals surface area contributed by atoms with Gasteiger partial charge >= 0.3 is 0 Å². The first-order valence-corrected chi connectivity index (χ1v) is 6.78. The molecule has 0 aromatic heterocycles. The smallest absolute Gasteiger partial charge is 0.161 e. The lowest BCUT2D eigenvalue weighted by atomic mass is 10.0. The first-order valence-electron chi connectivity index (χ1n) is 6.34. The van der Waals surface area contributed by atoms with Gasteiger partial charge < -0.3 is 9.47 Å². The highest BCUT2D eigenvalue weighted by atomic mass is 35.5. The zero-order valence-electron chi connectivity index (χ0n) is 10.7. The van der Waals surface area contributed by atoms with Gasteiger partial charge in [0.25, 0.3) is 0 Å². The second kappa shape index (κ2) is 5.14. The van der Waals surface area contributed by atoms with Gasteiger partial charge in [0.05, 0.1) is 5.38 Å². The monoisotopic (exact) mass is 274 g/mol. The molecule has 0 bridgehead atoms. The number of hydrogen-bond acceptors (Lipinski definition) is 2. The van der Waals surface area contributed by atoms with Crippen LogP contribution in [-0.4, -0.2) is 13.2 Å². The maximum absolute atomic E-state index is 6.53. The molecule has 0 fully saturated rings. The molecule has 1 atom stereocenters. The summed E-state index contributed by atoms with van der Waals surface area (Å²) in [5.74, 6) is 1.57. The molecule has 0 saturated carbocycles. The van der Waals surface area contributed by atoms with Crippen molar-refractivity contribution in [2.75, 3.05) is 13.2 Å². The van der Waals surface area contributed by atoms with Crippen LogP contribution in [0.1, 0.15) is 22.1 Å². The Morgan fingerprint density at radius 3 is 2.26 bits per heavy atom. The number of halogens is 1. The average molecular weight is 275 g/mol. The lowest BCUT2D eigenvalue weighted by molar-refractivity contribution is 0.171. The van der Waals surface area contributed by atoms with Crippen molar-refractivity contribution >= 4 is 11.6 Å². The zero-order chi connectivity index (χ0) is 13.2. The Kier molecular flexibility index (Phi) is 3.34. The molecule has 0 saturated heterocycles. The van der Waals surface area contributed by atoms with Crippen LogP contribution < -0.4 is 9.47 Å². The fourth-order valence-electron chi connectivity index (χ4n) is 2.15. The minimum absolute atomic E-state index is 0.170. The van der Waals surface area contributed by atoms with Crippen LogP contribution in [0.25, 0.3) is 0 Å². The Balaban J connectivity index is 1.91. The Labute approximate surface area is 117 Å². The Bertz CT molecular complexity index is 578. The van der Waals surface area contributed by atoms with E-state index in [1.807, 2.05) is 18.2 Å². The van der Waals surface area contributed by atoms with E-state index in [1.165, 1.54) is 5.56 Å². The van der Waals surface area contributed by atoms with Crippen molar-refractivity contribution in [2.45, 2.75) is 12.3 Å². The second-order valence-corrected chi connectivity index (χ2v) is 5.11. The molecule has 0 spiro atoms. The SMILES string of the molecule is Cc1ccc(C(Cl)c2ccc3c(c2)OCCO3)cc1. The highest BCUT2D eigenvalue weighted by Gasteiger charge is 2.16. The van der Waals surface area contributed by atoms with Crippen molar-refractivity contribution in [3.63, 3.8) is 0 Å². The number of hydrogen-bond donors (Lipinski definition) is 0. The van der Waals surface area contributed by atoms with Crippen LogP contribution in [0, 0.1) is 6.92 Å². The lowest BCUT2D eigenvalue weighted by Gasteiger charge is -2.20. The van der Waals surface area contributed by atoms with Gasteiger partial charge in [-0.1, -0.05) is 35.9 Å². The summed E-state index contributed by atoms with van der Waals surface area (Å²) in [5, 5.41) is -0.170. The molecular formula is C16H15ClO2. The molecule has 0 amide bonds. The average Bonchev–Trinajstić information content (AvgIpc) is 2.47. The number of alkyl halides is 1. The van der Waals surface area contributed by atoms with E-state index in [4.69, 9.17) is 21.1 Å². The van der Waals surface area contributed by atoms with E-state index in [0.29, 0.717) is 13.2 Å². The quantitative estimate of drug-likeness (QED) is 0.768. The first kappa shape index (κ1) is 12.4. The van der Waals surface area contributed by atoms with Crippen LogP contribution in [0.2, 0.25) is 0 Å². The molecule has 3 heteroatoms. The molecular weight excluding hydrogens is 260 g/mol. The summed E-state index contributed by atoms with van der Waals surface area (Å²) in [6, 6.07) is 14.1. The molecule has 98 valence electrons. The van der Waals surface area contributed by atoms with Crippen molar-refractivity contribution in [2.24, 2.45) is 0 Å². The molecule has 1 unspecified atom stereocenters. The van der Waals surface area contributed by atoms with Crippen molar-refractivity contribution in [3.05, 3.63) is 59.2 Å². The highest BCUT2D eigenvalue weighted by molar-refractivity contribution is 6.22.